The Morgan fingerprint density at radius 2 is 1.61 bits per heavy atom. The number of sulfonamides is 1. The van der Waals surface area contributed by atoms with Gasteiger partial charge >= 0.3 is 0 Å². The SMILES string of the molecule is O=C(Nc1cccc(Oc2ccccc2)c1)C1CCN(S(=O)(=O)c2cc(F)ccc2F)CC1. The second-order valence-electron chi connectivity index (χ2n) is 7.69. The van der Waals surface area contributed by atoms with Crippen molar-refractivity contribution >= 4 is 21.6 Å². The number of amides is 1. The minimum atomic E-state index is -4.19. The van der Waals surface area contributed by atoms with Crippen LogP contribution in [-0.2, 0) is 14.8 Å². The zero-order valence-corrected chi connectivity index (χ0v) is 18.4. The summed E-state index contributed by atoms with van der Waals surface area (Å²) in [6, 6.07) is 18.6. The predicted molar refractivity (Wildman–Crippen MR) is 119 cm³/mol. The van der Waals surface area contributed by atoms with E-state index < -0.39 is 32.5 Å². The van der Waals surface area contributed by atoms with E-state index in [-0.39, 0.29) is 31.8 Å². The van der Waals surface area contributed by atoms with Crippen molar-refractivity contribution in [1.82, 2.24) is 4.31 Å². The molecule has 0 unspecified atom stereocenters. The van der Waals surface area contributed by atoms with Crippen molar-refractivity contribution < 1.29 is 26.7 Å². The molecule has 1 aliphatic heterocycles. The van der Waals surface area contributed by atoms with E-state index >= 15 is 0 Å². The Morgan fingerprint density at radius 3 is 2.33 bits per heavy atom. The Bertz CT molecular complexity index is 1240. The van der Waals surface area contributed by atoms with Gasteiger partial charge in [0.1, 0.15) is 28.0 Å². The van der Waals surface area contributed by atoms with Crippen LogP contribution in [0, 0.1) is 17.6 Å². The zero-order chi connectivity index (χ0) is 23.4. The minimum absolute atomic E-state index is 0.0352. The van der Waals surface area contributed by atoms with Crippen molar-refractivity contribution in [1.29, 1.82) is 0 Å². The summed E-state index contributed by atoms with van der Waals surface area (Å²) in [7, 11) is -4.19. The highest BCUT2D eigenvalue weighted by Crippen LogP contribution is 2.28. The first kappa shape index (κ1) is 22.9. The molecule has 1 fully saturated rings. The van der Waals surface area contributed by atoms with Gasteiger partial charge in [-0.3, -0.25) is 4.79 Å². The monoisotopic (exact) mass is 472 g/mol. The smallest absolute Gasteiger partial charge is 0.246 e. The number of carbonyl (C=O) groups is 1. The molecule has 1 N–H and O–H groups in total. The number of nitrogens with zero attached hydrogens (tertiary/aromatic N) is 1. The first-order valence-electron chi connectivity index (χ1n) is 10.4. The maximum atomic E-state index is 14.0. The molecule has 1 saturated heterocycles. The number of benzene rings is 3. The third-order valence-electron chi connectivity index (χ3n) is 5.42. The standard InChI is InChI=1S/C24H22F2N2O4S/c25-18-9-10-22(26)23(15-18)33(30,31)28-13-11-17(12-14-28)24(29)27-19-5-4-8-21(16-19)32-20-6-2-1-3-7-20/h1-10,15-17H,11-14H2,(H,27,29). The van der Waals surface area contributed by atoms with Gasteiger partial charge in [-0.15, -0.1) is 0 Å². The van der Waals surface area contributed by atoms with Gasteiger partial charge < -0.3 is 10.1 Å². The second-order valence-corrected chi connectivity index (χ2v) is 9.59. The predicted octanol–water partition coefficient (Wildman–Crippen LogP) is 4.80. The molecule has 172 valence electrons. The van der Waals surface area contributed by atoms with Gasteiger partial charge in [0.2, 0.25) is 15.9 Å². The number of nitrogens with one attached hydrogen (secondary N) is 1. The van der Waals surface area contributed by atoms with E-state index in [1.54, 1.807) is 24.3 Å². The molecule has 3 aromatic carbocycles. The quantitative estimate of drug-likeness (QED) is 0.559. The Hall–Kier alpha value is -3.30. The minimum Gasteiger partial charge on any atom is -0.457 e. The fraction of sp³-hybridized carbons (Fsp3) is 0.208. The van der Waals surface area contributed by atoms with Crippen molar-refractivity contribution in [2.45, 2.75) is 17.7 Å². The van der Waals surface area contributed by atoms with E-state index in [9.17, 15) is 22.0 Å². The van der Waals surface area contributed by atoms with E-state index in [4.69, 9.17) is 4.74 Å². The van der Waals surface area contributed by atoms with E-state index in [1.807, 2.05) is 30.3 Å². The van der Waals surface area contributed by atoms with Crippen LogP contribution in [0.15, 0.2) is 77.7 Å². The highest BCUT2D eigenvalue weighted by Gasteiger charge is 2.33. The molecule has 0 aromatic heterocycles. The van der Waals surface area contributed by atoms with Gasteiger partial charge in [0.05, 0.1) is 0 Å². The lowest BCUT2D eigenvalue weighted by Gasteiger charge is -2.30. The lowest BCUT2D eigenvalue weighted by atomic mass is 9.97. The van der Waals surface area contributed by atoms with Crippen molar-refractivity contribution in [3.05, 3.63) is 84.4 Å². The Kier molecular flexibility index (Phi) is 6.71. The van der Waals surface area contributed by atoms with Gasteiger partial charge in [0.25, 0.3) is 0 Å². The van der Waals surface area contributed by atoms with Crippen LogP contribution >= 0.6 is 0 Å². The van der Waals surface area contributed by atoms with Crippen molar-refractivity contribution in [3.63, 3.8) is 0 Å². The summed E-state index contributed by atoms with van der Waals surface area (Å²) < 4.78 is 59.8. The molecule has 33 heavy (non-hydrogen) atoms. The number of para-hydroxylation sites is 1. The summed E-state index contributed by atoms with van der Waals surface area (Å²) in [5.41, 5.74) is 0.560. The average Bonchev–Trinajstić information content (AvgIpc) is 2.81. The van der Waals surface area contributed by atoms with Gasteiger partial charge in [-0.25, -0.2) is 17.2 Å². The number of rotatable bonds is 6. The van der Waals surface area contributed by atoms with Gasteiger partial charge in [-0.05, 0) is 55.3 Å². The molecule has 1 heterocycles. The molecule has 1 aliphatic rings. The van der Waals surface area contributed by atoms with Gasteiger partial charge in [0, 0.05) is 30.8 Å². The number of hydrogen-bond donors (Lipinski definition) is 1. The van der Waals surface area contributed by atoms with Crippen LogP contribution in [0.5, 0.6) is 11.5 Å². The first-order chi connectivity index (χ1) is 15.8. The number of ether oxygens (including phenoxy) is 1. The van der Waals surface area contributed by atoms with E-state index in [1.165, 1.54) is 0 Å². The highest BCUT2D eigenvalue weighted by atomic mass is 32.2. The molecular weight excluding hydrogens is 450 g/mol. The molecule has 0 radical (unpaired) electrons. The zero-order valence-electron chi connectivity index (χ0n) is 17.6. The molecule has 4 rings (SSSR count). The molecule has 0 bridgehead atoms. The summed E-state index contributed by atoms with van der Waals surface area (Å²) in [4.78, 5) is 12.0. The summed E-state index contributed by atoms with van der Waals surface area (Å²) in [5.74, 6) is -1.24. The van der Waals surface area contributed by atoms with Crippen LogP contribution in [0.1, 0.15) is 12.8 Å². The third-order valence-corrected chi connectivity index (χ3v) is 7.33. The van der Waals surface area contributed by atoms with Gasteiger partial charge in [-0.1, -0.05) is 24.3 Å². The fourth-order valence-electron chi connectivity index (χ4n) is 3.68. The van der Waals surface area contributed by atoms with Crippen LogP contribution in [0.2, 0.25) is 0 Å². The third kappa shape index (κ3) is 5.37. The van der Waals surface area contributed by atoms with Crippen LogP contribution in [0.4, 0.5) is 14.5 Å². The Labute approximate surface area is 190 Å². The van der Waals surface area contributed by atoms with E-state index in [0.717, 1.165) is 16.4 Å². The maximum Gasteiger partial charge on any atom is 0.246 e. The first-order valence-corrected chi connectivity index (χ1v) is 11.9. The number of piperidine rings is 1. The van der Waals surface area contributed by atoms with Crippen LogP contribution in [-0.4, -0.2) is 31.7 Å². The molecule has 1 amide bonds. The molecule has 9 heteroatoms. The molecule has 0 atom stereocenters. The van der Waals surface area contributed by atoms with E-state index in [2.05, 4.69) is 5.32 Å². The average molecular weight is 473 g/mol. The molecular formula is C24H22F2N2O4S. The molecule has 6 nitrogen and oxygen atoms in total. The maximum absolute atomic E-state index is 14.0. The lowest BCUT2D eigenvalue weighted by molar-refractivity contribution is -0.120. The number of hydrogen-bond acceptors (Lipinski definition) is 4. The topological polar surface area (TPSA) is 75.7 Å². The fourth-order valence-corrected chi connectivity index (χ4v) is 5.22. The Balaban J connectivity index is 1.37. The van der Waals surface area contributed by atoms with Crippen molar-refractivity contribution in [3.8, 4) is 11.5 Å². The summed E-state index contributed by atoms with van der Waals surface area (Å²) in [5, 5.41) is 2.84. The molecule has 3 aromatic rings. The van der Waals surface area contributed by atoms with Gasteiger partial charge in [0.15, 0.2) is 0 Å². The number of carbonyl (C=O) groups excluding carboxylic acids is 1. The van der Waals surface area contributed by atoms with Crippen molar-refractivity contribution in [2.24, 2.45) is 5.92 Å². The van der Waals surface area contributed by atoms with Crippen molar-refractivity contribution in [2.75, 3.05) is 18.4 Å². The normalized spacial score (nSPS) is 15.2. The largest absolute Gasteiger partial charge is 0.457 e. The number of halogens is 2. The number of anilines is 1. The van der Waals surface area contributed by atoms with Crippen LogP contribution in [0.25, 0.3) is 0 Å². The molecule has 0 aliphatic carbocycles. The molecule has 0 saturated carbocycles. The highest BCUT2D eigenvalue weighted by molar-refractivity contribution is 7.89. The lowest BCUT2D eigenvalue weighted by Crippen LogP contribution is -2.41. The Morgan fingerprint density at radius 1 is 0.909 bits per heavy atom. The summed E-state index contributed by atoms with van der Waals surface area (Å²) in [6.07, 6.45) is 0.532. The van der Waals surface area contributed by atoms with Crippen LogP contribution in [0.3, 0.4) is 0 Å². The van der Waals surface area contributed by atoms with Crippen LogP contribution < -0.4 is 10.1 Å². The van der Waals surface area contributed by atoms with Gasteiger partial charge in [-0.2, -0.15) is 4.31 Å². The summed E-state index contributed by atoms with van der Waals surface area (Å²) in [6.45, 7) is 0.0705. The van der Waals surface area contributed by atoms with E-state index in [0.29, 0.717) is 23.3 Å². The second kappa shape index (κ2) is 9.68. The molecule has 0 spiro atoms. The summed E-state index contributed by atoms with van der Waals surface area (Å²) >= 11 is 0.